The molecule has 0 aromatic rings. The first-order valence-corrected chi connectivity index (χ1v) is 2.75. The molecule has 0 aliphatic carbocycles. The van der Waals surface area contributed by atoms with Gasteiger partial charge in [0, 0.05) is 13.8 Å². The zero-order chi connectivity index (χ0) is 6.91. The van der Waals surface area contributed by atoms with Gasteiger partial charge in [0.1, 0.15) is 0 Å². The van der Waals surface area contributed by atoms with Crippen LogP contribution in [0.4, 0.5) is 0 Å². The van der Waals surface area contributed by atoms with E-state index in [1.54, 1.807) is 12.4 Å². The van der Waals surface area contributed by atoms with Crippen molar-refractivity contribution in [3.63, 3.8) is 0 Å². The van der Waals surface area contributed by atoms with Crippen LogP contribution in [0.5, 0.6) is 0 Å². The Balaban J connectivity index is 2.85. The molecule has 1 aliphatic rings. The van der Waals surface area contributed by atoms with Crippen LogP contribution in [0, 0.1) is 0 Å². The first-order chi connectivity index (χ1) is 4.17. The van der Waals surface area contributed by atoms with Gasteiger partial charge in [0.05, 0.1) is 6.20 Å². The number of nitrogens with one attached hydrogen (secondary N) is 1. The molecule has 1 aliphatic heterocycles. The molecule has 4 heteroatoms. The van der Waals surface area contributed by atoms with E-state index in [9.17, 15) is 0 Å². The lowest BCUT2D eigenvalue weighted by atomic mass is 10.3. The molecule has 0 bridgehead atoms. The third-order valence-corrected chi connectivity index (χ3v) is 1.32. The van der Waals surface area contributed by atoms with Crippen LogP contribution < -0.4 is 5.32 Å². The highest BCUT2D eigenvalue weighted by Gasteiger charge is 2.34. The minimum Gasteiger partial charge on any atom is -0.363 e. The van der Waals surface area contributed by atoms with Crippen LogP contribution >= 0.6 is 0 Å². The van der Waals surface area contributed by atoms with Gasteiger partial charge in [0.15, 0.2) is 5.28 Å². The van der Waals surface area contributed by atoms with E-state index in [-0.39, 0.29) is 5.66 Å². The van der Waals surface area contributed by atoms with Crippen molar-refractivity contribution in [3.05, 3.63) is 12.4 Å². The van der Waals surface area contributed by atoms with E-state index in [1.807, 2.05) is 13.8 Å². The van der Waals surface area contributed by atoms with Crippen LogP contribution in [0.2, 0.25) is 0 Å². The smallest absolute Gasteiger partial charge is 0.264 e. The number of nitrogens with zero attached hydrogens (tertiary/aromatic N) is 2. The summed E-state index contributed by atoms with van der Waals surface area (Å²) in [4.78, 5) is 0. The summed E-state index contributed by atoms with van der Waals surface area (Å²) >= 11 is 0. The van der Waals surface area contributed by atoms with E-state index >= 15 is 0 Å². The zero-order valence-corrected chi connectivity index (χ0v) is 5.50. The maximum absolute atomic E-state index is 8.36. The highest BCUT2D eigenvalue weighted by atomic mass is 16.5. The van der Waals surface area contributed by atoms with E-state index in [1.165, 1.54) is 4.70 Å². The third-order valence-electron chi connectivity index (χ3n) is 1.32. The molecule has 0 amide bonds. The van der Waals surface area contributed by atoms with Gasteiger partial charge in [-0.3, -0.25) is 0 Å². The van der Waals surface area contributed by atoms with Crippen molar-refractivity contribution in [2.24, 2.45) is 5.28 Å². The van der Waals surface area contributed by atoms with Crippen LogP contribution in [0.15, 0.2) is 17.7 Å². The van der Waals surface area contributed by atoms with Gasteiger partial charge >= 0.3 is 0 Å². The van der Waals surface area contributed by atoms with Crippen molar-refractivity contribution >= 4 is 0 Å². The average molecular weight is 128 g/mol. The minimum atomic E-state index is -0.283. The number of rotatable bonds is 0. The van der Waals surface area contributed by atoms with Gasteiger partial charge in [-0.05, 0) is 4.70 Å². The Labute approximate surface area is 53.5 Å². The van der Waals surface area contributed by atoms with Gasteiger partial charge in [-0.2, -0.15) is 0 Å². The topological polar surface area (TPSA) is 47.6 Å². The fraction of sp³-hybridized carbons (Fsp3) is 0.600. The minimum absolute atomic E-state index is 0.283. The first-order valence-electron chi connectivity index (χ1n) is 2.75. The van der Waals surface area contributed by atoms with Crippen molar-refractivity contribution < 1.29 is 9.90 Å². The largest absolute Gasteiger partial charge is 0.363 e. The van der Waals surface area contributed by atoms with E-state index in [0.717, 1.165) is 0 Å². The molecule has 0 aromatic carbocycles. The van der Waals surface area contributed by atoms with E-state index in [4.69, 9.17) is 5.21 Å². The van der Waals surface area contributed by atoms with Crippen LogP contribution in [-0.2, 0) is 0 Å². The van der Waals surface area contributed by atoms with Crippen LogP contribution in [-0.4, -0.2) is 15.6 Å². The summed E-state index contributed by atoms with van der Waals surface area (Å²) < 4.78 is 1.44. The van der Waals surface area contributed by atoms with Crippen molar-refractivity contribution in [3.8, 4) is 0 Å². The third kappa shape index (κ3) is 0.872. The fourth-order valence-corrected chi connectivity index (χ4v) is 0.706. The lowest BCUT2D eigenvalue weighted by Gasteiger charge is -2.09. The Morgan fingerprint density at radius 2 is 2.33 bits per heavy atom. The summed E-state index contributed by atoms with van der Waals surface area (Å²) in [6, 6.07) is 0. The van der Waals surface area contributed by atoms with Gasteiger partial charge in [-0.1, -0.05) is 0 Å². The molecule has 0 atom stereocenters. The maximum atomic E-state index is 8.36. The summed E-state index contributed by atoms with van der Waals surface area (Å²) in [5.74, 6) is 0. The molecule has 0 spiro atoms. The van der Waals surface area contributed by atoms with Crippen LogP contribution in [0.3, 0.4) is 0 Å². The average Bonchev–Trinajstić information content (AvgIpc) is 2.08. The molecule has 2 N–H and O–H groups in total. The summed E-state index contributed by atoms with van der Waals surface area (Å²) in [5, 5.41) is 14.4. The SMILES string of the molecule is CC1(C)NC=C[N+]1=NO. The van der Waals surface area contributed by atoms with Crippen molar-refractivity contribution in [1.82, 2.24) is 5.32 Å². The Kier molecular flexibility index (Phi) is 1.16. The van der Waals surface area contributed by atoms with Gasteiger partial charge in [0.25, 0.3) is 5.66 Å². The quantitative estimate of drug-likeness (QED) is 0.371. The zero-order valence-electron chi connectivity index (χ0n) is 5.50. The van der Waals surface area contributed by atoms with Gasteiger partial charge in [-0.15, -0.1) is 0 Å². The molecule has 0 saturated carbocycles. The summed E-state index contributed by atoms with van der Waals surface area (Å²) in [7, 11) is 0. The molecule has 0 radical (unpaired) electrons. The molecule has 50 valence electrons. The lowest BCUT2D eigenvalue weighted by molar-refractivity contribution is -0.618. The summed E-state index contributed by atoms with van der Waals surface area (Å²) in [6.07, 6.45) is 3.40. The standard InChI is InChI=1S/C5H9N3O/c1-5(2)6-3-4-8(5)7-9/h3-4,6H,1-2H3/p+1. The van der Waals surface area contributed by atoms with E-state index in [2.05, 4.69) is 10.6 Å². The Bertz CT molecular complexity index is 171. The van der Waals surface area contributed by atoms with Gasteiger partial charge < -0.3 is 10.5 Å². The molecule has 9 heavy (non-hydrogen) atoms. The van der Waals surface area contributed by atoms with Crippen molar-refractivity contribution in [1.29, 1.82) is 0 Å². The Morgan fingerprint density at radius 3 is 2.56 bits per heavy atom. The number of hydrogen-bond acceptors (Lipinski definition) is 2. The second-order valence-electron chi connectivity index (χ2n) is 2.45. The van der Waals surface area contributed by atoms with Crippen molar-refractivity contribution in [2.45, 2.75) is 19.5 Å². The van der Waals surface area contributed by atoms with Gasteiger partial charge in [0.2, 0.25) is 6.20 Å². The first kappa shape index (κ1) is 6.07. The van der Waals surface area contributed by atoms with Crippen molar-refractivity contribution in [2.75, 3.05) is 0 Å². The van der Waals surface area contributed by atoms with Crippen LogP contribution in [0.1, 0.15) is 13.8 Å². The lowest BCUT2D eigenvalue weighted by Crippen LogP contribution is -2.39. The molecular formula is C5H10N3O+. The normalized spacial score (nSPS) is 26.7. The molecule has 0 fully saturated rings. The summed E-state index contributed by atoms with van der Waals surface area (Å²) in [6.45, 7) is 3.82. The monoisotopic (exact) mass is 128 g/mol. The molecule has 0 unspecified atom stereocenters. The predicted molar refractivity (Wildman–Crippen MR) is 30.8 cm³/mol. The molecular weight excluding hydrogens is 118 g/mol. The highest BCUT2D eigenvalue weighted by molar-refractivity contribution is 4.83. The molecule has 0 saturated heterocycles. The van der Waals surface area contributed by atoms with Crippen LogP contribution in [0.25, 0.3) is 0 Å². The predicted octanol–water partition coefficient (Wildman–Crippen LogP) is 0.651. The highest BCUT2D eigenvalue weighted by Crippen LogP contribution is 2.10. The summed E-state index contributed by atoms with van der Waals surface area (Å²) in [5.41, 5.74) is -0.283. The molecule has 1 rings (SSSR count). The van der Waals surface area contributed by atoms with E-state index in [0.29, 0.717) is 0 Å². The second kappa shape index (κ2) is 1.72. The second-order valence-corrected chi connectivity index (χ2v) is 2.45. The molecule has 4 nitrogen and oxygen atoms in total. The molecule has 1 heterocycles. The fourth-order valence-electron chi connectivity index (χ4n) is 0.706. The molecule has 0 aromatic heterocycles. The number of hydrogen-bond donors (Lipinski definition) is 2. The van der Waals surface area contributed by atoms with Gasteiger partial charge in [-0.25, -0.2) is 0 Å². The maximum Gasteiger partial charge on any atom is 0.264 e. The Hall–Kier alpha value is -1.06. The van der Waals surface area contributed by atoms with E-state index < -0.39 is 0 Å². The Morgan fingerprint density at radius 1 is 1.67 bits per heavy atom.